The Bertz CT molecular complexity index is 65.7. The minimum atomic E-state index is 0.620. The summed E-state index contributed by atoms with van der Waals surface area (Å²) in [6.07, 6.45) is 0. The maximum absolute atomic E-state index is 3.42. The van der Waals surface area contributed by atoms with Gasteiger partial charge in [-0.25, -0.2) is 0 Å². The lowest BCUT2D eigenvalue weighted by atomic mass is 10.0. The average molecular weight is 144 g/mol. The van der Waals surface area contributed by atoms with Gasteiger partial charge >= 0.3 is 0 Å². The standard InChI is InChI=1S/C8H20N2/c1-5-10-8(6-9-4)7(2)3/h7-10H,5-6H2,1-4H3. The highest BCUT2D eigenvalue weighted by Crippen LogP contribution is 1.98. The van der Waals surface area contributed by atoms with E-state index in [1.165, 1.54) is 0 Å². The first-order valence-corrected chi connectivity index (χ1v) is 4.10. The Morgan fingerprint density at radius 3 is 2.20 bits per heavy atom. The third kappa shape index (κ3) is 3.85. The highest BCUT2D eigenvalue weighted by Gasteiger charge is 2.08. The van der Waals surface area contributed by atoms with Crippen LogP contribution in [0.1, 0.15) is 20.8 Å². The summed E-state index contributed by atoms with van der Waals surface area (Å²) in [6, 6.07) is 0.620. The van der Waals surface area contributed by atoms with Gasteiger partial charge in [0.2, 0.25) is 0 Å². The van der Waals surface area contributed by atoms with Crippen LogP contribution in [-0.2, 0) is 0 Å². The normalized spacial score (nSPS) is 14.1. The second-order valence-electron chi connectivity index (χ2n) is 2.97. The van der Waals surface area contributed by atoms with Gasteiger partial charge in [0.25, 0.3) is 0 Å². The lowest BCUT2D eigenvalue weighted by Gasteiger charge is -2.20. The van der Waals surface area contributed by atoms with E-state index < -0.39 is 0 Å². The molecule has 0 radical (unpaired) electrons. The molecule has 0 saturated carbocycles. The molecule has 0 aromatic heterocycles. The molecule has 0 spiro atoms. The van der Waals surface area contributed by atoms with E-state index in [0.29, 0.717) is 12.0 Å². The molecule has 2 nitrogen and oxygen atoms in total. The van der Waals surface area contributed by atoms with Crippen molar-refractivity contribution in [2.24, 2.45) is 5.92 Å². The van der Waals surface area contributed by atoms with Gasteiger partial charge in [0, 0.05) is 12.6 Å². The van der Waals surface area contributed by atoms with Crippen LogP contribution in [0, 0.1) is 5.92 Å². The molecule has 62 valence electrons. The molecule has 0 saturated heterocycles. The van der Waals surface area contributed by atoms with Crippen LogP contribution >= 0.6 is 0 Å². The van der Waals surface area contributed by atoms with Crippen molar-refractivity contribution < 1.29 is 0 Å². The molecule has 0 bridgehead atoms. The molecular formula is C8H20N2. The van der Waals surface area contributed by atoms with E-state index in [-0.39, 0.29) is 0 Å². The van der Waals surface area contributed by atoms with Gasteiger partial charge in [0.1, 0.15) is 0 Å². The maximum atomic E-state index is 3.42. The summed E-state index contributed by atoms with van der Waals surface area (Å²) in [7, 11) is 1.99. The van der Waals surface area contributed by atoms with Gasteiger partial charge < -0.3 is 10.6 Å². The van der Waals surface area contributed by atoms with Gasteiger partial charge in [0.15, 0.2) is 0 Å². The molecule has 0 aliphatic rings. The highest BCUT2D eigenvalue weighted by atomic mass is 15.0. The number of likely N-dealkylation sites (N-methyl/N-ethyl adjacent to an activating group) is 2. The zero-order chi connectivity index (χ0) is 7.98. The van der Waals surface area contributed by atoms with Crippen LogP contribution in [0.2, 0.25) is 0 Å². The molecule has 0 fully saturated rings. The van der Waals surface area contributed by atoms with Crippen LogP contribution in [-0.4, -0.2) is 26.2 Å². The van der Waals surface area contributed by atoms with E-state index in [2.05, 4.69) is 31.4 Å². The fourth-order valence-electron chi connectivity index (χ4n) is 1.03. The summed E-state index contributed by atoms with van der Waals surface area (Å²) in [6.45, 7) is 8.75. The smallest absolute Gasteiger partial charge is 0.0215 e. The zero-order valence-corrected chi connectivity index (χ0v) is 7.57. The third-order valence-electron chi connectivity index (χ3n) is 1.70. The summed E-state index contributed by atoms with van der Waals surface area (Å²) in [5.74, 6) is 0.715. The fourth-order valence-corrected chi connectivity index (χ4v) is 1.03. The van der Waals surface area contributed by atoms with Gasteiger partial charge in [-0.1, -0.05) is 20.8 Å². The summed E-state index contributed by atoms with van der Waals surface area (Å²) < 4.78 is 0. The van der Waals surface area contributed by atoms with Crippen molar-refractivity contribution in [3.8, 4) is 0 Å². The summed E-state index contributed by atoms with van der Waals surface area (Å²) >= 11 is 0. The van der Waals surface area contributed by atoms with E-state index in [1.807, 2.05) is 7.05 Å². The molecule has 0 aromatic rings. The first-order valence-electron chi connectivity index (χ1n) is 4.10. The molecular weight excluding hydrogens is 124 g/mol. The SMILES string of the molecule is CCNC(CNC)C(C)C. The molecule has 10 heavy (non-hydrogen) atoms. The van der Waals surface area contributed by atoms with Gasteiger partial charge in [-0.05, 0) is 19.5 Å². The quantitative estimate of drug-likeness (QED) is 0.597. The molecule has 0 aliphatic carbocycles. The highest BCUT2D eigenvalue weighted by molar-refractivity contribution is 4.70. The monoisotopic (exact) mass is 144 g/mol. The lowest BCUT2D eigenvalue weighted by Crippen LogP contribution is -2.41. The first kappa shape index (κ1) is 9.92. The van der Waals surface area contributed by atoms with E-state index in [4.69, 9.17) is 0 Å². The molecule has 2 heteroatoms. The lowest BCUT2D eigenvalue weighted by molar-refractivity contribution is 0.396. The van der Waals surface area contributed by atoms with E-state index >= 15 is 0 Å². The van der Waals surface area contributed by atoms with Crippen molar-refractivity contribution in [2.45, 2.75) is 26.8 Å². The Labute approximate surface area is 64.4 Å². The second kappa shape index (κ2) is 5.69. The van der Waals surface area contributed by atoms with Crippen molar-refractivity contribution >= 4 is 0 Å². The Kier molecular flexibility index (Phi) is 5.64. The summed E-state index contributed by atoms with van der Waals surface area (Å²) in [5.41, 5.74) is 0. The first-order chi connectivity index (χ1) is 4.72. The van der Waals surface area contributed by atoms with Crippen LogP contribution in [0.3, 0.4) is 0 Å². The Hall–Kier alpha value is -0.0800. The van der Waals surface area contributed by atoms with E-state index in [0.717, 1.165) is 13.1 Å². The van der Waals surface area contributed by atoms with Crippen molar-refractivity contribution in [1.29, 1.82) is 0 Å². The van der Waals surface area contributed by atoms with Crippen LogP contribution in [0.4, 0.5) is 0 Å². The van der Waals surface area contributed by atoms with Gasteiger partial charge in [0.05, 0.1) is 0 Å². The largest absolute Gasteiger partial charge is 0.318 e. The van der Waals surface area contributed by atoms with Gasteiger partial charge in [-0.15, -0.1) is 0 Å². The van der Waals surface area contributed by atoms with Crippen molar-refractivity contribution in [2.75, 3.05) is 20.1 Å². The van der Waals surface area contributed by atoms with Crippen molar-refractivity contribution in [3.63, 3.8) is 0 Å². The topological polar surface area (TPSA) is 24.1 Å². The average Bonchev–Trinajstić information content (AvgIpc) is 1.87. The Morgan fingerprint density at radius 2 is 1.90 bits per heavy atom. The van der Waals surface area contributed by atoms with E-state index in [1.54, 1.807) is 0 Å². The molecule has 0 rings (SSSR count). The number of rotatable bonds is 5. The summed E-state index contributed by atoms with van der Waals surface area (Å²) in [5, 5.41) is 6.59. The predicted molar refractivity (Wildman–Crippen MR) is 46.2 cm³/mol. The van der Waals surface area contributed by atoms with Gasteiger partial charge in [-0.3, -0.25) is 0 Å². The fraction of sp³-hybridized carbons (Fsp3) is 1.00. The molecule has 0 aromatic carbocycles. The number of hydrogen-bond acceptors (Lipinski definition) is 2. The predicted octanol–water partition coefficient (Wildman–Crippen LogP) is 0.840. The minimum Gasteiger partial charge on any atom is -0.318 e. The molecule has 0 heterocycles. The molecule has 2 N–H and O–H groups in total. The zero-order valence-electron chi connectivity index (χ0n) is 7.57. The van der Waals surface area contributed by atoms with Crippen LogP contribution < -0.4 is 10.6 Å². The van der Waals surface area contributed by atoms with Crippen LogP contribution in [0.15, 0.2) is 0 Å². The maximum Gasteiger partial charge on any atom is 0.0215 e. The molecule has 0 aliphatic heterocycles. The minimum absolute atomic E-state index is 0.620. The molecule has 1 unspecified atom stereocenters. The van der Waals surface area contributed by atoms with Crippen molar-refractivity contribution in [3.05, 3.63) is 0 Å². The van der Waals surface area contributed by atoms with Crippen LogP contribution in [0.25, 0.3) is 0 Å². The Balaban J connectivity index is 3.50. The third-order valence-corrected chi connectivity index (χ3v) is 1.70. The number of hydrogen-bond donors (Lipinski definition) is 2. The van der Waals surface area contributed by atoms with Crippen LogP contribution in [0.5, 0.6) is 0 Å². The van der Waals surface area contributed by atoms with E-state index in [9.17, 15) is 0 Å². The number of nitrogens with one attached hydrogen (secondary N) is 2. The van der Waals surface area contributed by atoms with Gasteiger partial charge in [-0.2, -0.15) is 0 Å². The molecule has 0 amide bonds. The second-order valence-corrected chi connectivity index (χ2v) is 2.97. The molecule has 1 atom stereocenters. The summed E-state index contributed by atoms with van der Waals surface area (Å²) in [4.78, 5) is 0. The Morgan fingerprint density at radius 1 is 1.30 bits per heavy atom. The van der Waals surface area contributed by atoms with Crippen molar-refractivity contribution in [1.82, 2.24) is 10.6 Å².